The normalized spacial score (nSPS) is 20.9. The van der Waals surface area contributed by atoms with Crippen LogP contribution in [0.15, 0.2) is 18.3 Å². The number of imidazole rings is 1. The Balaban J connectivity index is 1.92. The molecule has 4 heteroatoms. The molecule has 0 bridgehead atoms. The maximum absolute atomic E-state index is 4.84. The van der Waals surface area contributed by atoms with Gasteiger partial charge in [-0.15, -0.1) is 0 Å². The zero-order chi connectivity index (χ0) is 14.1. The number of hydrogen-bond acceptors (Lipinski definition) is 3. The maximum atomic E-state index is 4.84. The first-order valence-electron chi connectivity index (χ1n) is 7.65. The van der Waals surface area contributed by atoms with Crippen molar-refractivity contribution < 1.29 is 0 Å². The zero-order valence-corrected chi connectivity index (χ0v) is 12.7. The van der Waals surface area contributed by atoms with Gasteiger partial charge in [-0.25, -0.2) is 9.97 Å². The van der Waals surface area contributed by atoms with Gasteiger partial charge in [0.15, 0.2) is 5.65 Å². The summed E-state index contributed by atoms with van der Waals surface area (Å²) in [6.07, 6.45) is 5.56. The summed E-state index contributed by atoms with van der Waals surface area (Å²) in [5, 5.41) is 0. The second-order valence-electron chi connectivity index (χ2n) is 6.31. The Morgan fingerprint density at radius 2 is 2.25 bits per heavy atom. The van der Waals surface area contributed by atoms with Gasteiger partial charge in [-0.3, -0.25) is 0 Å². The quantitative estimate of drug-likeness (QED) is 0.861. The molecule has 0 aliphatic carbocycles. The molecule has 3 heterocycles. The fourth-order valence-electron chi connectivity index (χ4n) is 3.36. The monoisotopic (exact) mass is 272 g/mol. The van der Waals surface area contributed by atoms with Gasteiger partial charge < -0.3 is 9.47 Å². The third-order valence-corrected chi connectivity index (χ3v) is 4.23. The van der Waals surface area contributed by atoms with Crippen molar-refractivity contribution in [3.63, 3.8) is 0 Å². The van der Waals surface area contributed by atoms with Crippen LogP contribution in [-0.2, 0) is 6.42 Å². The van der Waals surface area contributed by atoms with E-state index in [0.29, 0.717) is 6.04 Å². The van der Waals surface area contributed by atoms with Crippen molar-refractivity contribution in [2.75, 3.05) is 20.1 Å². The minimum Gasteiger partial charge on any atom is -0.310 e. The summed E-state index contributed by atoms with van der Waals surface area (Å²) in [5.41, 5.74) is 2.06. The Morgan fingerprint density at radius 1 is 1.40 bits per heavy atom. The van der Waals surface area contributed by atoms with Crippen LogP contribution in [0.25, 0.3) is 11.2 Å². The summed E-state index contributed by atoms with van der Waals surface area (Å²) in [6, 6.07) is 4.45. The summed E-state index contributed by atoms with van der Waals surface area (Å²) in [4.78, 5) is 11.8. The van der Waals surface area contributed by atoms with E-state index in [4.69, 9.17) is 4.98 Å². The molecular weight excluding hydrogens is 248 g/mol. The van der Waals surface area contributed by atoms with Gasteiger partial charge in [-0.1, -0.05) is 0 Å². The average Bonchev–Trinajstić information content (AvgIpc) is 2.76. The van der Waals surface area contributed by atoms with Crippen molar-refractivity contribution in [3.8, 4) is 0 Å². The first-order valence-corrected chi connectivity index (χ1v) is 7.65. The van der Waals surface area contributed by atoms with Crippen LogP contribution in [0.1, 0.15) is 38.6 Å². The molecule has 1 saturated heterocycles. The number of nitrogens with zero attached hydrogens (tertiary/aromatic N) is 4. The van der Waals surface area contributed by atoms with Gasteiger partial charge in [-0.2, -0.15) is 0 Å². The highest BCUT2D eigenvalue weighted by Crippen LogP contribution is 2.24. The lowest BCUT2D eigenvalue weighted by Crippen LogP contribution is -2.33. The fourth-order valence-corrected chi connectivity index (χ4v) is 3.36. The predicted octanol–water partition coefficient (Wildman–Crippen LogP) is 2.90. The summed E-state index contributed by atoms with van der Waals surface area (Å²) in [5.74, 6) is 1.93. The van der Waals surface area contributed by atoms with Crippen LogP contribution in [0.3, 0.4) is 0 Å². The van der Waals surface area contributed by atoms with Gasteiger partial charge >= 0.3 is 0 Å². The Hall–Kier alpha value is -1.42. The van der Waals surface area contributed by atoms with Gasteiger partial charge in [0.05, 0.1) is 0 Å². The van der Waals surface area contributed by atoms with Crippen LogP contribution in [0, 0.1) is 5.92 Å². The van der Waals surface area contributed by atoms with Crippen LogP contribution in [0.5, 0.6) is 0 Å². The van der Waals surface area contributed by atoms with Crippen LogP contribution in [0.2, 0.25) is 0 Å². The molecule has 2 aromatic rings. The Labute approximate surface area is 120 Å². The SMILES string of the molecule is CC(C)n1c(CC2CCCN(C)C2)nc2cccnc21. The molecule has 20 heavy (non-hydrogen) atoms. The zero-order valence-electron chi connectivity index (χ0n) is 12.7. The molecule has 0 spiro atoms. The van der Waals surface area contributed by atoms with E-state index in [1.807, 2.05) is 12.3 Å². The number of aromatic nitrogens is 3. The molecule has 0 amide bonds. The summed E-state index contributed by atoms with van der Waals surface area (Å²) in [6.45, 7) is 6.85. The van der Waals surface area contributed by atoms with Gasteiger partial charge in [0.25, 0.3) is 0 Å². The van der Waals surface area contributed by atoms with Crippen LogP contribution in [0.4, 0.5) is 0 Å². The standard InChI is InChI=1S/C16H24N4/c1-12(2)20-15(10-13-6-5-9-19(3)11-13)18-14-7-4-8-17-16(14)20/h4,7-8,12-13H,5-6,9-11H2,1-3H3. The Bertz CT molecular complexity index is 587. The minimum absolute atomic E-state index is 0.409. The van der Waals surface area contributed by atoms with Crippen molar-refractivity contribution >= 4 is 11.2 Å². The van der Waals surface area contributed by atoms with Crippen LogP contribution in [-0.4, -0.2) is 39.6 Å². The minimum atomic E-state index is 0.409. The molecule has 3 rings (SSSR count). The second kappa shape index (κ2) is 5.52. The number of fused-ring (bicyclic) bond motifs is 1. The molecule has 1 atom stereocenters. The van der Waals surface area contributed by atoms with E-state index in [2.05, 4.69) is 41.4 Å². The largest absolute Gasteiger partial charge is 0.310 e. The van der Waals surface area contributed by atoms with Crippen molar-refractivity contribution in [2.45, 2.75) is 39.2 Å². The van der Waals surface area contributed by atoms with Crippen molar-refractivity contribution in [2.24, 2.45) is 5.92 Å². The molecule has 1 aliphatic rings. The molecular formula is C16H24N4. The van der Waals surface area contributed by atoms with E-state index in [0.717, 1.165) is 23.5 Å². The molecule has 2 aromatic heterocycles. The average molecular weight is 272 g/mol. The molecule has 0 aromatic carbocycles. The highest BCUT2D eigenvalue weighted by molar-refractivity contribution is 5.71. The summed E-state index contributed by atoms with van der Waals surface area (Å²) >= 11 is 0. The lowest BCUT2D eigenvalue weighted by Gasteiger charge is -2.29. The lowest BCUT2D eigenvalue weighted by atomic mass is 9.95. The predicted molar refractivity (Wildman–Crippen MR) is 81.8 cm³/mol. The van der Waals surface area contributed by atoms with Gasteiger partial charge in [0.2, 0.25) is 0 Å². The van der Waals surface area contributed by atoms with Crippen molar-refractivity contribution in [1.82, 2.24) is 19.4 Å². The van der Waals surface area contributed by atoms with E-state index in [9.17, 15) is 0 Å². The van der Waals surface area contributed by atoms with Crippen molar-refractivity contribution in [3.05, 3.63) is 24.2 Å². The molecule has 1 fully saturated rings. The molecule has 0 N–H and O–H groups in total. The lowest BCUT2D eigenvalue weighted by molar-refractivity contribution is 0.206. The number of piperidine rings is 1. The molecule has 1 unspecified atom stereocenters. The van der Waals surface area contributed by atoms with Crippen molar-refractivity contribution in [1.29, 1.82) is 0 Å². The van der Waals surface area contributed by atoms with Gasteiger partial charge in [-0.05, 0) is 58.3 Å². The van der Waals surface area contributed by atoms with Crippen LogP contribution >= 0.6 is 0 Å². The van der Waals surface area contributed by atoms with E-state index >= 15 is 0 Å². The van der Waals surface area contributed by atoms with Gasteiger partial charge in [0.1, 0.15) is 11.3 Å². The highest BCUT2D eigenvalue weighted by atomic mass is 15.1. The first-order chi connectivity index (χ1) is 9.65. The first kappa shape index (κ1) is 13.6. The third kappa shape index (κ3) is 2.57. The maximum Gasteiger partial charge on any atom is 0.160 e. The fraction of sp³-hybridized carbons (Fsp3) is 0.625. The smallest absolute Gasteiger partial charge is 0.160 e. The Kier molecular flexibility index (Phi) is 3.74. The number of pyridine rings is 1. The molecule has 1 aliphatic heterocycles. The van der Waals surface area contributed by atoms with E-state index < -0.39 is 0 Å². The molecule has 4 nitrogen and oxygen atoms in total. The highest BCUT2D eigenvalue weighted by Gasteiger charge is 2.22. The number of hydrogen-bond donors (Lipinski definition) is 0. The number of likely N-dealkylation sites (tertiary alicyclic amines) is 1. The van der Waals surface area contributed by atoms with E-state index in [1.165, 1.54) is 31.8 Å². The molecule has 0 radical (unpaired) electrons. The summed E-state index contributed by atoms with van der Waals surface area (Å²) in [7, 11) is 2.22. The third-order valence-electron chi connectivity index (χ3n) is 4.23. The van der Waals surface area contributed by atoms with E-state index in [-0.39, 0.29) is 0 Å². The number of rotatable bonds is 3. The Morgan fingerprint density at radius 3 is 3.00 bits per heavy atom. The topological polar surface area (TPSA) is 34.0 Å². The molecule has 0 saturated carbocycles. The van der Waals surface area contributed by atoms with Gasteiger partial charge in [0, 0.05) is 25.2 Å². The van der Waals surface area contributed by atoms with E-state index in [1.54, 1.807) is 0 Å². The second-order valence-corrected chi connectivity index (χ2v) is 6.31. The summed E-state index contributed by atoms with van der Waals surface area (Å²) < 4.78 is 2.31. The van der Waals surface area contributed by atoms with Crippen LogP contribution < -0.4 is 0 Å². The molecule has 108 valence electrons.